The van der Waals surface area contributed by atoms with E-state index in [0.29, 0.717) is 6.04 Å². The molecule has 0 spiro atoms. The molecule has 106 valence electrons. The Kier molecular flexibility index (Phi) is 4.20. The molecule has 1 atom stereocenters. The summed E-state index contributed by atoms with van der Waals surface area (Å²) in [7, 11) is 0. The number of hydrogen-bond donors (Lipinski definition) is 1. The van der Waals surface area contributed by atoms with Crippen molar-refractivity contribution >= 4 is 11.3 Å². The van der Waals surface area contributed by atoms with E-state index in [2.05, 4.69) is 17.6 Å². The number of thiazole rings is 1. The lowest BCUT2D eigenvalue weighted by Gasteiger charge is -2.27. The molecule has 1 aromatic heterocycles. The van der Waals surface area contributed by atoms with E-state index >= 15 is 0 Å². The van der Waals surface area contributed by atoms with Gasteiger partial charge in [0.15, 0.2) is 0 Å². The first kappa shape index (κ1) is 13.5. The zero-order chi connectivity index (χ0) is 13.1. The van der Waals surface area contributed by atoms with Crippen molar-refractivity contribution in [2.24, 2.45) is 0 Å². The van der Waals surface area contributed by atoms with E-state index in [0.717, 1.165) is 26.0 Å². The summed E-state index contributed by atoms with van der Waals surface area (Å²) in [5.74, 6) is 0. The quantitative estimate of drug-likeness (QED) is 0.911. The second-order valence-electron chi connectivity index (χ2n) is 5.71. The van der Waals surface area contributed by atoms with E-state index in [1.54, 1.807) is 11.3 Å². The fraction of sp³-hybridized carbons (Fsp3) is 0.800. The average Bonchev–Trinajstić information content (AvgIpc) is 3.09. The molecule has 0 aromatic carbocycles. The molecule has 2 aliphatic rings. The summed E-state index contributed by atoms with van der Waals surface area (Å²) in [5, 5.41) is 7.05. The summed E-state index contributed by atoms with van der Waals surface area (Å²) < 4.78 is 6.10. The topological polar surface area (TPSA) is 34.1 Å². The van der Waals surface area contributed by atoms with Gasteiger partial charge in [0.2, 0.25) is 0 Å². The van der Waals surface area contributed by atoms with Gasteiger partial charge in [-0.3, -0.25) is 0 Å². The van der Waals surface area contributed by atoms with Gasteiger partial charge in [-0.1, -0.05) is 19.3 Å². The number of rotatable bonds is 4. The van der Waals surface area contributed by atoms with Crippen molar-refractivity contribution in [2.75, 3.05) is 13.2 Å². The number of aromatic nitrogens is 1. The van der Waals surface area contributed by atoms with Gasteiger partial charge in [0.05, 0.1) is 11.7 Å². The zero-order valence-corrected chi connectivity index (χ0v) is 12.6. The van der Waals surface area contributed by atoms with Crippen LogP contribution in [0.1, 0.15) is 68.6 Å². The summed E-state index contributed by atoms with van der Waals surface area (Å²) in [5.41, 5.74) is 1.18. The molecule has 2 fully saturated rings. The number of hydrogen-bond acceptors (Lipinski definition) is 4. The zero-order valence-electron chi connectivity index (χ0n) is 11.8. The van der Waals surface area contributed by atoms with Crippen molar-refractivity contribution < 1.29 is 4.74 Å². The minimum atomic E-state index is -0.0632. The van der Waals surface area contributed by atoms with Gasteiger partial charge >= 0.3 is 0 Å². The highest BCUT2D eigenvalue weighted by Crippen LogP contribution is 2.44. The van der Waals surface area contributed by atoms with Crippen LogP contribution in [0.25, 0.3) is 0 Å². The van der Waals surface area contributed by atoms with E-state index in [1.807, 2.05) is 0 Å². The molecule has 2 heterocycles. The third-order valence-electron chi connectivity index (χ3n) is 4.41. The normalized spacial score (nSPS) is 26.7. The third-order valence-corrected chi connectivity index (χ3v) is 5.46. The van der Waals surface area contributed by atoms with Crippen molar-refractivity contribution in [3.05, 3.63) is 16.1 Å². The van der Waals surface area contributed by atoms with Crippen molar-refractivity contribution in [3.63, 3.8) is 0 Å². The highest BCUT2D eigenvalue weighted by atomic mass is 32.1. The van der Waals surface area contributed by atoms with Gasteiger partial charge in [-0.05, 0) is 39.2 Å². The van der Waals surface area contributed by atoms with Crippen LogP contribution in [0.3, 0.4) is 0 Å². The van der Waals surface area contributed by atoms with Crippen LogP contribution in [0.4, 0.5) is 0 Å². The SMILES string of the molecule is CCOC1(c2nc(C3CCCCN3)cs2)CCCC1. The molecule has 0 amide bonds. The van der Waals surface area contributed by atoms with Gasteiger partial charge in [0, 0.05) is 12.0 Å². The van der Waals surface area contributed by atoms with E-state index in [4.69, 9.17) is 9.72 Å². The van der Waals surface area contributed by atoms with Crippen LogP contribution in [0.5, 0.6) is 0 Å². The number of ether oxygens (including phenoxy) is 1. The third kappa shape index (κ3) is 2.71. The second-order valence-corrected chi connectivity index (χ2v) is 6.57. The molecule has 1 saturated heterocycles. The summed E-state index contributed by atoms with van der Waals surface area (Å²) in [4.78, 5) is 4.94. The van der Waals surface area contributed by atoms with Gasteiger partial charge in [0.1, 0.15) is 10.6 Å². The van der Waals surface area contributed by atoms with Gasteiger partial charge in [-0.25, -0.2) is 4.98 Å². The van der Waals surface area contributed by atoms with Gasteiger partial charge < -0.3 is 10.1 Å². The van der Waals surface area contributed by atoms with Crippen LogP contribution in [0.15, 0.2) is 5.38 Å². The average molecular weight is 280 g/mol. The van der Waals surface area contributed by atoms with Crippen LogP contribution < -0.4 is 5.32 Å². The fourth-order valence-electron chi connectivity index (χ4n) is 3.40. The Morgan fingerprint density at radius 1 is 1.37 bits per heavy atom. The van der Waals surface area contributed by atoms with Gasteiger partial charge in [-0.2, -0.15) is 0 Å². The largest absolute Gasteiger partial charge is 0.368 e. The Labute approximate surface area is 119 Å². The molecule has 1 aliphatic heterocycles. The predicted molar refractivity (Wildman–Crippen MR) is 78.5 cm³/mol. The Morgan fingerprint density at radius 3 is 2.89 bits per heavy atom. The van der Waals surface area contributed by atoms with Crippen molar-refractivity contribution in [3.8, 4) is 0 Å². The minimum absolute atomic E-state index is 0.0632. The monoisotopic (exact) mass is 280 g/mol. The highest BCUT2D eigenvalue weighted by Gasteiger charge is 2.39. The molecule has 1 unspecified atom stereocenters. The molecule has 0 bridgehead atoms. The van der Waals surface area contributed by atoms with Crippen LogP contribution >= 0.6 is 11.3 Å². The van der Waals surface area contributed by atoms with E-state index in [1.165, 1.54) is 42.8 Å². The van der Waals surface area contributed by atoms with Gasteiger partial charge in [-0.15, -0.1) is 11.3 Å². The molecule has 1 saturated carbocycles. The predicted octanol–water partition coefficient (Wildman–Crippen LogP) is 3.76. The maximum absolute atomic E-state index is 6.10. The highest BCUT2D eigenvalue weighted by molar-refractivity contribution is 7.09. The Hall–Kier alpha value is -0.450. The molecule has 4 heteroatoms. The van der Waals surface area contributed by atoms with E-state index in [-0.39, 0.29) is 5.60 Å². The molecule has 3 rings (SSSR count). The second kappa shape index (κ2) is 5.90. The molecule has 1 N–H and O–H groups in total. The molecule has 3 nitrogen and oxygen atoms in total. The number of piperidine rings is 1. The van der Waals surface area contributed by atoms with Crippen molar-refractivity contribution in [1.29, 1.82) is 0 Å². The summed E-state index contributed by atoms with van der Waals surface area (Å²) in [6.45, 7) is 4.02. The smallest absolute Gasteiger partial charge is 0.125 e. The van der Waals surface area contributed by atoms with Crippen LogP contribution in [0, 0.1) is 0 Å². The Balaban J connectivity index is 1.79. The number of nitrogens with one attached hydrogen (secondary N) is 1. The Bertz CT molecular complexity index is 406. The molecule has 1 aromatic rings. The molecule has 0 radical (unpaired) electrons. The molecular formula is C15H24N2OS. The first-order valence-corrected chi connectivity index (χ1v) is 8.55. The maximum atomic E-state index is 6.10. The number of nitrogens with zero attached hydrogens (tertiary/aromatic N) is 1. The lowest BCUT2D eigenvalue weighted by atomic mass is 10.0. The Morgan fingerprint density at radius 2 is 2.21 bits per heavy atom. The first-order valence-electron chi connectivity index (χ1n) is 7.67. The fourth-order valence-corrected chi connectivity index (χ4v) is 4.49. The maximum Gasteiger partial charge on any atom is 0.125 e. The summed E-state index contributed by atoms with van der Waals surface area (Å²) >= 11 is 1.80. The minimum Gasteiger partial charge on any atom is -0.368 e. The van der Waals surface area contributed by atoms with E-state index in [9.17, 15) is 0 Å². The van der Waals surface area contributed by atoms with Crippen LogP contribution in [-0.4, -0.2) is 18.1 Å². The van der Waals surface area contributed by atoms with Crippen LogP contribution in [-0.2, 0) is 10.3 Å². The first-order chi connectivity index (χ1) is 9.34. The lowest BCUT2D eigenvalue weighted by Crippen LogP contribution is -2.28. The van der Waals surface area contributed by atoms with Crippen LogP contribution in [0.2, 0.25) is 0 Å². The molecular weight excluding hydrogens is 256 g/mol. The van der Waals surface area contributed by atoms with Gasteiger partial charge in [0.25, 0.3) is 0 Å². The molecule has 19 heavy (non-hydrogen) atoms. The summed E-state index contributed by atoms with van der Waals surface area (Å²) in [6.07, 6.45) is 8.69. The standard InChI is InChI=1S/C15H24N2OS/c1-2-18-15(8-4-5-9-15)14-17-13(11-19-14)12-7-3-6-10-16-12/h11-12,16H,2-10H2,1H3. The lowest BCUT2D eigenvalue weighted by molar-refractivity contribution is -0.0392. The molecule has 1 aliphatic carbocycles. The van der Waals surface area contributed by atoms with Crippen molar-refractivity contribution in [2.45, 2.75) is 63.5 Å². The van der Waals surface area contributed by atoms with Crippen molar-refractivity contribution in [1.82, 2.24) is 10.3 Å². The van der Waals surface area contributed by atoms with E-state index < -0.39 is 0 Å². The summed E-state index contributed by atoms with van der Waals surface area (Å²) in [6, 6.07) is 0.471.